The molecule has 138 valence electrons. The predicted octanol–water partition coefficient (Wildman–Crippen LogP) is 6.54. The van der Waals surface area contributed by atoms with Crippen LogP contribution >= 0.6 is 0 Å². The third-order valence-corrected chi connectivity index (χ3v) is 7.93. The van der Waals surface area contributed by atoms with Crippen LogP contribution in [0.15, 0.2) is 42.6 Å². The van der Waals surface area contributed by atoms with Gasteiger partial charge in [0, 0.05) is 32.2 Å². The summed E-state index contributed by atoms with van der Waals surface area (Å²) in [6, 6.07) is 11.6. The molecule has 0 atom stereocenters. The summed E-state index contributed by atoms with van der Waals surface area (Å²) in [5.74, 6) is 0. The Morgan fingerprint density at radius 2 is 1.63 bits per heavy atom. The summed E-state index contributed by atoms with van der Waals surface area (Å²) in [6.07, 6.45) is 0.263. The fourth-order valence-electron chi connectivity index (χ4n) is 5.04. The number of imidazole rings is 1. The maximum Gasteiger partial charge on any atom is 0.145 e. The first kappa shape index (κ1) is 12.9. The van der Waals surface area contributed by atoms with Crippen molar-refractivity contribution in [3.05, 3.63) is 59.4 Å². The van der Waals surface area contributed by atoms with Crippen molar-refractivity contribution >= 4 is 27.3 Å². The molecule has 4 aromatic rings. The zero-order valence-corrected chi connectivity index (χ0v) is 16.9. The van der Waals surface area contributed by atoms with E-state index in [1.165, 1.54) is 0 Å². The summed E-state index contributed by atoms with van der Waals surface area (Å²) in [5, 5.41) is 2.51. The van der Waals surface area contributed by atoms with Crippen molar-refractivity contribution in [3.8, 4) is 0 Å². The Morgan fingerprint density at radius 3 is 2.33 bits per heavy atom. The molecule has 0 aliphatic carbocycles. The number of rotatable bonds is 0. The standard InChI is InChI=1S/C25H28N2/c1-15-12-13-18-21-20(15)16-10-8-9-11-17(16)22-26-14-19(27(21)22)24(4,5)25(6,7)23(18,2)3/h8-14H,1-7H3/i1D3,14D. The second-order valence-electron chi connectivity index (χ2n) is 9.54. The number of aromatic nitrogens is 2. The fourth-order valence-corrected chi connectivity index (χ4v) is 5.04. The van der Waals surface area contributed by atoms with Crippen molar-refractivity contribution in [2.24, 2.45) is 5.41 Å². The molecule has 5 rings (SSSR count). The van der Waals surface area contributed by atoms with Crippen molar-refractivity contribution in [2.45, 2.75) is 59.2 Å². The van der Waals surface area contributed by atoms with Crippen LogP contribution in [0.4, 0.5) is 0 Å². The van der Waals surface area contributed by atoms with Crippen LogP contribution in [0, 0.1) is 12.3 Å². The minimum Gasteiger partial charge on any atom is -0.295 e. The second-order valence-corrected chi connectivity index (χ2v) is 9.54. The van der Waals surface area contributed by atoms with E-state index in [9.17, 15) is 0 Å². The smallest absolute Gasteiger partial charge is 0.145 e. The Morgan fingerprint density at radius 1 is 0.926 bits per heavy atom. The van der Waals surface area contributed by atoms with Crippen LogP contribution in [0.2, 0.25) is 0 Å². The Kier molecular flexibility index (Phi) is 2.27. The van der Waals surface area contributed by atoms with Crippen molar-refractivity contribution < 1.29 is 5.48 Å². The molecule has 2 aromatic heterocycles. The average Bonchev–Trinajstić information content (AvgIpc) is 3.02. The van der Waals surface area contributed by atoms with E-state index in [1.54, 1.807) is 6.07 Å². The molecule has 0 bridgehead atoms. The first-order valence-corrected chi connectivity index (χ1v) is 9.61. The Hall–Kier alpha value is -2.35. The molecule has 2 heteroatoms. The van der Waals surface area contributed by atoms with E-state index in [1.807, 2.05) is 30.3 Å². The highest BCUT2D eigenvalue weighted by Crippen LogP contribution is 2.57. The summed E-state index contributed by atoms with van der Waals surface area (Å²) in [5.41, 5.74) is 2.98. The molecule has 0 amide bonds. The van der Waals surface area contributed by atoms with Crippen LogP contribution in [0.25, 0.3) is 27.3 Å². The molecular formula is C25H28N2. The quantitative estimate of drug-likeness (QED) is 0.325. The lowest BCUT2D eigenvalue weighted by Crippen LogP contribution is -2.49. The molecule has 0 spiro atoms. The van der Waals surface area contributed by atoms with Gasteiger partial charge in [-0.3, -0.25) is 4.40 Å². The molecule has 1 aliphatic rings. The van der Waals surface area contributed by atoms with Crippen molar-refractivity contribution in [2.75, 3.05) is 0 Å². The Bertz CT molecular complexity index is 1400. The number of hydrogen-bond acceptors (Lipinski definition) is 1. The number of nitrogens with zero attached hydrogens (tertiary/aromatic N) is 2. The lowest BCUT2D eigenvalue weighted by molar-refractivity contribution is 0.0924. The van der Waals surface area contributed by atoms with E-state index in [-0.39, 0.29) is 22.4 Å². The maximum atomic E-state index is 8.87. The molecular weight excluding hydrogens is 328 g/mol. The molecule has 27 heavy (non-hydrogen) atoms. The topological polar surface area (TPSA) is 17.3 Å². The van der Waals surface area contributed by atoms with E-state index in [0.29, 0.717) is 5.56 Å². The van der Waals surface area contributed by atoms with Gasteiger partial charge in [-0.1, -0.05) is 77.9 Å². The van der Waals surface area contributed by atoms with Crippen LogP contribution in [-0.4, -0.2) is 9.38 Å². The zero-order valence-electron chi connectivity index (χ0n) is 20.9. The number of hydrogen-bond donors (Lipinski definition) is 0. The SMILES string of the molecule is [2H]c1nc2c3ccccc3c3c(C([2H])([2H])[2H])ccc4c3n2c1C(C)(C)C(C)(C)C4(C)C. The van der Waals surface area contributed by atoms with Crippen LogP contribution in [-0.2, 0) is 10.8 Å². The monoisotopic (exact) mass is 360 g/mol. The minimum atomic E-state index is -2.25. The van der Waals surface area contributed by atoms with E-state index in [0.717, 1.165) is 38.6 Å². The lowest BCUT2D eigenvalue weighted by atomic mass is 9.52. The highest BCUT2D eigenvalue weighted by Gasteiger charge is 2.53. The number of pyridine rings is 1. The number of benzene rings is 2. The number of aryl methyl sites for hydroxylation is 1. The molecule has 0 fully saturated rings. The van der Waals surface area contributed by atoms with Gasteiger partial charge < -0.3 is 0 Å². The summed E-state index contributed by atoms with van der Waals surface area (Å²) in [4.78, 5) is 4.73. The summed E-state index contributed by atoms with van der Waals surface area (Å²) in [6.45, 7) is 11.1. The highest BCUT2D eigenvalue weighted by atomic mass is 15.0. The van der Waals surface area contributed by atoms with Gasteiger partial charge in [-0.05, 0) is 34.2 Å². The molecule has 3 heterocycles. The lowest BCUT2D eigenvalue weighted by Gasteiger charge is -2.51. The average molecular weight is 361 g/mol. The molecule has 0 saturated heterocycles. The van der Waals surface area contributed by atoms with E-state index in [4.69, 9.17) is 10.5 Å². The minimum absolute atomic E-state index is 0.245. The van der Waals surface area contributed by atoms with Gasteiger partial charge in [-0.2, -0.15) is 0 Å². The van der Waals surface area contributed by atoms with Crippen LogP contribution < -0.4 is 0 Å². The van der Waals surface area contributed by atoms with Gasteiger partial charge in [-0.15, -0.1) is 0 Å². The molecule has 0 radical (unpaired) electrons. The van der Waals surface area contributed by atoms with Gasteiger partial charge in [0.1, 0.15) is 5.65 Å². The second kappa shape index (κ2) is 4.73. The molecule has 0 unspecified atom stereocenters. The van der Waals surface area contributed by atoms with Crippen LogP contribution in [0.1, 0.15) is 63.8 Å². The largest absolute Gasteiger partial charge is 0.295 e. The van der Waals surface area contributed by atoms with Gasteiger partial charge >= 0.3 is 0 Å². The van der Waals surface area contributed by atoms with Crippen molar-refractivity contribution in [1.29, 1.82) is 0 Å². The van der Waals surface area contributed by atoms with Crippen LogP contribution in [0.3, 0.4) is 0 Å². The van der Waals surface area contributed by atoms with Crippen molar-refractivity contribution in [1.82, 2.24) is 9.38 Å². The summed E-state index contributed by atoms with van der Waals surface area (Å²) in [7, 11) is 0. The number of fused-ring (bicyclic) bond motifs is 3. The zero-order chi connectivity index (χ0) is 22.7. The normalized spacial score (nSPS) is 22.4. The van der Waals surface area contributed by atoms with Crippen LogP contribution in [0.5, 0.6) is 0 Å². The summed E-state index contributed by atoms with van der Waals surface area (Å²) >= 11 is 0. The third-order valence-electron chi connectivity index (χ3n) is 7.93. The predicted molar refractivity (Wildman–Crippen MR) is 115 cm³/mol. The van der Waals surface area contributed by atoms with Gasteiger partial charge in [-0.25, -0.2) is 4.98 Å². The maximum absolute atomic E-state index is 8.87. The third kappa shape index (κ3) is 1.70. The van der Waals surface area contributed by atoms with Crippen molar-refractivity contribution in [3.63, 3.8) is 0 Å². The summed E-state index contributed by atoms with van der Waals surface area (Å²) < 4.78 is 35.8. The van der Waals surface area contributed by atoms with E-state index in [2.05, 4.69) is 45.9 Å². The van der Waals surface area contributed by atoms with Gasteiger partial charge in [0.15, 0.2) is 0 Å². The van der Waals surface area contributed by atoms with Gasteiger partial charge in [0.2, 0.25) is 0 Å². The molecule has 0 N–H and O–H groups in total. The molecule has 1 aliphatic heterocycles. The Balaban J connectivity index is 2.24. The van der Waals surface area contributed by atoms with Gasteiger partial charge in [0.05, 0.1) is 6.89 Å². The first-order chi connectivity index (χ1) is 14.2. The van der Waals surface area contributed by atoms with E-state index < -0.39 is 6.85 Å². The first-order valence-electron chi connectivity index (χ1n) is 11.6. The molecule has 0 saturated carbocycles. The fraction of sp³-hybridized carbons (Fsp3) is 0.400. The highest BCUT2D eigenvalue weighted by molar-refractivity contribution is 6.14. The molecule has 2 aromatic carbocycles. The van der Waals surface area contributed by atoms with Gasteiger partial charge in [0.25, 0.3) is 0 Å². The Labute approximate surface area is 166 Å². The molecule has 2 nitrogen and oxygen atoms in total. The van der Waals surface area contributed by atoms with E-state index >= 15 is 0 Å².